The molecule has 0 amide bonds. The van der Waals surface area contributed by atoms with Gasteiger partial charge in [-0.2, -0.15) is 0 Å². The molecule has 170 valence electrons. The third-order valence-electron chi connectivity index (χ3n) is 4.54. The number of carbonyl (C=O) groups excluding carboxylic acids is 1. The normalized spacial score (nSPS) is 11.7. The van der Waals surface area contributed by atoms with Crippen molar-refractivity contribution >= 4 is 5.97 Å². The zero-order valence-electron chi connectivity index (χ0n) is 19.2. The van der Waals surface area contributed by atoms with Gasteiger partial charge in [-0.1, -0.05) is 70.3 Å². The molecule has 0 aliphatic heterocycles. The van der Waals surface area contributed by atoms with Crippen LogP contribution in [-0.4, -0.2) is 39.0 Å². The molecule has 4 nitrogen and oxygen atoms in total. The first kappa shape index (κ1) is 27.9. The summed E-state index contributed by atoms with van der Waals surface area (Å²) in [5.41, 5.74) is 0. The highest BCUT2D eigenvalue weighted by molar-refractivity contribution is 5.69. The summed E-state index contributed by atoms with van der Waals surface area (Å²) < 4.78 is 15.8. The summed E-state index contributed by atoms with van der Waals surface area (Å²) in [6.07, 6.45) is 23.8. The third-order valence-corrected chi connectivity index (χ3v) is 4.54. The van der Waals surface area contributed by atoms with Gasteiger partial charge in [-0.25, -0.2) is 0 Å². The number of rotatable bonds is 22. The molecular formula is C25H46O4. The molecular weight excluding hydrogens is 364 g/mol. The SMILES string of the molecule is CCCCCC/C=C/C/C=C/CCCCCCC(=O)OCCOCCOCCC. The van der Waals surface area contributed by atoms with Crippen molar-refractivity contribution in [2.45, 2.75) is 97.3 Å². The molecule has 0 atom stereocenters. The zero-order valence-corrected chi connectivity index (χ0v) is 19.2. The van der Waals surface area contributed by atoms with Crippen LogP contribution in [0.2, 0.25) is 0 Å². The molecule has 0 aromatic heterocycles. The molecule has 0 saturated carbocycles. The number of esters is 1. The summed E-state index contributed by atoms with van der Waals surface area (Å²) in [5, 5.41) is 0. The van der Waals surface area contributed by atoms with Crippen molar-refractivity contribution in [3.8, 4) is 0 Å². The summed E-state index contributed by atoms with van der Waals surface area (Å²) in [4.78, 5) is 11.6. The van der Waals surface area contributed by atoms with Crippen LogP contribution in [0.1, 0.15) is 97.3 Å². The van der Waals surface area contributed by atoms with Crippen LogP contribution in [0.3, 0.4) is 0 Å². The maximum atomic E-state index is 11.6. The summed E-state index contributed by atoms with van der Waals surface area (Å²) >= 11 is 0. The number of hydrogen-bond acceptors (Lipinski definition) is 4. The summed E-state index contributed by atoms with van der Waals surface area (Å²) in [7, 11) is 0. The molecule has 0 bridgehead atoms. The van der Waals surface area contributed by atoms with E-state index in [-0.39, 0.29) is 5.97 Å². The Hall–Kier alpha value is -1.13. The van der Waals surface area contributed by atoms with E-state index in [4.69, 9.17) is 14.2 Å². The number of ether oxygens (including phenoxy) is 3. The van der Waals surface area contributed by atoms with Crippen LogP contribution < -0.4 is 0 Å². The molecule has 0 N–H and O–H groups in total. The minimum absolute atomic E-state index is 0.114. The number of carbonyl (C=O) groups is 1. The molecule has 0 aromatic carbocycles. The van der Waals surface area contributed by atoms with Gasteiger partial charge in [-0.05, 0) is 44.9 Å². The van der Waals surface area contributed by atoms with Crippen LogP contribution in [0.15, 0.2) is 24.3 Å². The van der Waals surface area contributed by atoms with Crippen LogP contribution in [0.4, 0.5) is 0 Å². The first-order chi connectivity index (χ1) is 14.3. The summed E-state index contributed by atoms with van der Waals surface area (Å²) in [5.74, 6) is -0.114. The molecule has 0 aliphatic rings. The second kappa shape index (κ2) is 24.9. The van der Waals surface area contributed by atoms with Gasteiger partial charge in [0.1, 0.15) is 6.61 Å². The van der Waals surface area contributed by atoms with Gasteiger partial charge in [-0.3, -0.25) is 4.79 Å². The number of hydrogen-bond donors (Lipinski definition) is 0. The molecule has 29 heavy (non-hydrogen) atoms. The molecule has 0 fully saturated rings. The van der Waals surface area contributed by atoms with Gasteiger partial charge in [0.15, 0.2) is 0 Å². The first-order valence-electron chi connectivity index (χ1n) is 11.9. The Morgan fingerprint density at radius 3 is 1.86 bits per heavy atom. The number of allylic oxidation sites excluding steroid dienone is 4. The van der Waals surface area contributed by atoms with E-state index in [0.29, 0.717) is 32.8 Å². The lowest BCUT2D eigenvalue weighted by Gasteiger charge is -2.06. The molecule has 0 rings (SSSR count). The fourth-order valence-electron chi connectivity index (χ4n) is 2.83. The van der Waals surface area contributed by atoms with Gasteiger partial charge < -0.3 is 14.2 Å². The highest BCUT2D eigenvalue weighted by Crippen LogP contribution is 2.07. The fourth-order valence-corrected chi connectivity index (χ4v) is 2.83. The predicted molar refractivity (Wildman–Crippen MR) is 122 cm³/mol. The predicted octanol–water partition coefficient (Wildman–Crippen LogP) is 6.79. The average Bonchev–Trinajstić information content (AvgIpc) is 2.72. The molecule has 4 heteroatoms. The van der Waals surface area contributed by atoms with Crippen molar-refractivity contribution in [2.75, 3.05) is 33.0 Å². The molecule has 0 aromatic rings. The Morgan fingerprint density at radius 2 is 1.21 bits per heavy atom. The van der Waals surface area contributed by atoms with Crippen molar-refractivity contribution in [3.05, 3.63) is 24.3 Å². The van der Waals surface area contributed by atoms with Crippen molar-refractivity contribution in [3.63, 3.8) is 0 Å². The van der Waals surface area contributed by atoms with Gasteiger partial charge in [0.2, 0.25) is 0 Å². The van der Waals surface area contributed by atoms with E-state index in [1.807, 2.05) is 0 Å². The Morgan fingerprint density at radius 1 is 0.621 bits per heavy atom. The smallest absolute Gasteiger partial charge is 0.305 e. The Kier molecular flexibility index (Phi) is 23.9. The summed E-state index contributed by atoms with van der Waals surface area (Å²) in [6.45, 7) is 7.04. The van der Waals surface area contributed by atoms with Gasteiger partial charge in [0.05, 0.1) is 19.8 Å². The second-order valence-electron chi connectivity index (χ2n) is 7.43. The van der Waals surface area contributed by atoms with Gasteiger partial charge in [0.25, 0.3) is 0 Å². The van der Waals surface area contributed by atoms with E-state index in [1.165, 1.54) is 44.9 Å². The molecule has 0 aliphatic carbocycles. The van der Waals surface area contributed by atoms with Gasteiger partial charge in [0, 0.05) is 13.0 Å². The minimum atomic E-state index is -0.114. The summed E-state index contributed by atoms with van der Waals surface area (Å²) in [6, 6.07) is 0. The van der Waals surface area contributed by atoms with Gasteiger partial charge in [-0.15, -0.1) is 0 Å². The van der Waals surface area contributed by atoms with Crippen molar-refractivity contribution < 1.29 is 19.0 Å². The second-order valence-corrected chi connectivity index (χ2v) is 7.43. The number of unbranched alkanes of at least 4 members (excludes halogenated alkanes) is 8. The van der Waals surface area contributed by atoms with Crippen LogP contribution in [0, 0.1) is 0 Å². The standard InChI is InChI=1S/C25H46O4/c1-3-5-6-7-8-9-10-11-12-13-14-15-16-17-18-19-25(26)29-24-23-28-22-21-27-20-4-2/h9-10,12-13H,3-8,11,14-24H2,1-2H3/b10-9+,13-12+. The molecule has 0 saturated heterocycles. The van der Waals surface area contributed by atoms with Crippen LogP contribution in [-0.2, 0) is 19.0 Å². The Labute approximate surface area is 180 Å². The highest BCUT2D eigenvalue weighted by atomic mass is 16.6. The molecule has 0 spiro atoms. The lowest BCUT2D eigenvalue weighted by molar-refractivity contribution is -0.145. The van der Waals surface area contributed by atoms with Gasteiger partial charge >= 0.3 is 5.97 Å². The quantitative estimate of drug-likeness (QED) is 0.112. The third kappa shape index (κ3) is 24.8. The zero-order chi connectivity index (χ0) is 21.3. The topological polar surface area (TPSA) is 44.8 Å². The molecule has 0 radical (unpaired) electrons. The van der Waals surface area contributed by atoms with E-state index < -0.39 is 0 Å². The van der Waals surface area contributed by atoms with E-state index in [0.717, 1.165) is 38.7 Å². The van der Waals surface area contributed by atoms with E-state index in [9.17, 15) is 4.79 Å². The maximum Gasteiger partial charge on any atom is 0.305 e. The fraction of sp³-hybridized carbons (Fsp3) is 0.800. The lowest BCUT2D eigenvalue weighted by atomic mass is 10.1. The van der Waals surface area contributed by atoms with E-state index >= 15 is 0 Å². The van der Waals surface area contributed by atoms with Crippen molar-refractivity contribution in [2.24, 2.45) is 0 Å². The van der Waals surface area contributed by atoms with Crippen LogP contribution in [0.5, 0.6) is 0 Å². The molecule has 0 unspecified atom stereocenters. The average molecular weight is 411 g/mol. The van der Waals surface area contributed by atoms with E-state index in [2.05, 4.69) is 38.2 Å². The van der Waals surface area contributed by atoms with Crippen molar-refractivity contribution in [1.29, 1.82) is 0 Å². The Bertz CT molecular complexity index is 390. The Balaban J connectivity index is 3.27. The maximum absolute atomic E-state index is 11.6. The van der Waals surface area contributed by atoms with Crippen molar-refractivity contribution in [1.82, 2.24) is 0 Å². The van der Waals surface area contributed by atoms with Crippen LogP contribution >= 0.6 is 0 Å². The van der Waals surface area contributed by atoms with Crippen LogP contribution in [0.25, 0.3) is 0 Å². The monoisotopic (exact) mass is 410 g/mol. The molecule has 0 heterocycles. The first-order valence-corrected chi connectivity index (χ1v) is 11.9. The minimum Gasteiger partial charge on any atom is -0.463 e. The largest absolute Gasteiger partial charge is 0.463 e. The highest BCUT2D eigenvalue weighted by Gasteiger charge is 2.02. The van der Waals surface area contributed by atoms with E-state index in [1.54, 1.807) is 0 Å². The lowest BCUT2D eigenvalue weighted by Crippen LogP contribution is -2.12.